The van der Waals surface area contributed by atoms with Gasteiger partial charge in [-0.05, 0) is 12.1 Å². The summed E-state index contributed by atoms with van der Waals surface area (Å²) < 4.78 is 1.23. The molecule has 0 radical (unpaired) electrons. The van der Waals surface area contributed by atoms with Crippen LogP contribution in [0.3, 0.4) is 0 Å². The number of nitrogens with one attached hydrogen (secondary N) is 1. The van der Waals surface area contributed by atoms with E-state index in [0.717, 1.165) is 22.9 Å². The summed E-state index contributed by atoms with van der Waals surface area (Å²) in [5, 5.41) is 4.20. The molecule has 0 saturated carbocycles. The molecule has 0 fully saturated rings. The number of hydrogen-bond acceptors (Lipinski definition) is 4. The van der Waals surface area contributed by atoms with Crippen LogP contribution in [0.2, 0.25) is 0 Å². The molecule has 0 saturated heterocycles. The third-order valence-corrected chi connectivity index (χ3v) is 2.90. The summed E-state index contributed by atoms with van der Waals surface area (Å²) >= 11 is 5.81. The lowest BCUT2D eigenvalue weighted by Crippen LogP contribution is -2.01. The molecule has 2 rings (SSSR count). The molecule has 1 aromatic carbocycles. The van der Waals surface area contributed by atoms with E-state index in [9.17, 15) is 0 Å². The van der Waals surface area contributed by atoms with Crippen molar-refractivity contribution in [3.8, 4) is 0 Å². The first-order valence-electron chi connectivity index (χ1n) is 4.10. The maximum Gasteiger partial charge on any atom is 0.183 e. The quantitative estimate of drug-likeness (QED) is 0.761. The molecule has 1 N–H and O–H groups in total. The van der Waals surface area contributed by atoms with Crippen LogP contribution in [0, 0.1) is 0 Å². The third-order valence-electron chi connectivity index (χ3n) is 1.68. The lowest BCUT2D eigenvalue weighted by molar-refractivity contribution is 1.22. The van der Waals surface area contributed by atoms with Crippen LogP contribution in [0.15, 0.2) is 24.3 Å². The van der Waals surface area contributed by atoms with Crippen molar-refractivity contribution in [3.05, 3.63) is 24.3 Å². The van der Waals surface area contributed by atoms with Gasteiger partial charge in [0.2, 0.25) is 0 Å². The van der Waals surface area contributed by atoms with Crippen molar-refractivity contribution >= 4 is 39.3 Å². The van der Waals surface area contributed by atoms with Gasteiger partial charge in [0.15, 0.2) is 5.13 Å². The van der Waals surface area contributed by atoms with Crippen molar-refractivity contribution in [2.45, 2.75) is 0 Å². The van der Waals surface area contributed by atoms with Gasteiger partial charge < -0.3 is 5.32 Å². The summed E-state index contributed by atoms with van der Waals surface area (Å²) in [6.45, 7) is 0.864. The number of benzene rings is 1. The topological polar surface area (TPSA) is 24.9 Å². The number of nitrogens with zero attached hydrogens (tertiary/aromatic N) is 1. The maximum absolute atomic E-state index is 4.42. The predicted octanol–water partition coefficient (Wildman–Crippen LogP) is 2.64. The van der Waals surface area contributed by atoms with E-state index in [0.29, 0.717) is 0 Å². The molecular weight excluding hydrogens is 200 g/mol. The number of para-hydroxylation sites is 1. The fourth-order valence-electron chi connectivity index (χ4n) is 1.11. The molecule has 0 spiro atoms. The molecule has 0 aliphatic heterocycles. The summed E-state index contributed by atoms with van der Waals surface area (Å²) in [5.74, 6) is 0.829. The lowest BCUT2D eigenvalue weighted by atomic mass is 10.3. The van der Waals surface area contributed by atoms with Crippen molar-refractivity contribution in [2.75, 3.05) is 17.6 Å². The number of thiazole rings is 1. The SMILES string of the molecule is SCCNc1nc2ccccc2s1. The fraction of sp³-hybridized carbons (Fsp3) is 0.222. The number of anilines is 1. The Morgan fingerprint density at radius 1 is 1.38 bits per heavy atom. The number of fused-ring (bicyclic) bond motifs is 1. The minimum atomic E-state index is 0.829. The molecule has 1 aromatic heterocycles. The molecule has 0 bridgehead atoms. The number of aromatic nitrogens is 1. The Balaban J connectivity index is 2.28. The number of thiol groups is 1. The summed E-state index contributed by atoms with van der Waals surface area (Å²) in [4.78, 5) is 4.42. The molecule has 0 unspecified atom stereocenters. The van der Waals surface area contributed by atoms with E-state index < -0.39 is 0 Å². The van der Waals surface area contributed by atoms with Crippen LogP contribution in [-0.4, -0.2) is 17.3 Å². The van der Waals surface area contributed by atoms with Gasteiger partial charge in [0.25, 0.3) is 0 Å². The van der Waals surface area contributed by atoms with E-state index in [1.807, 2.05) is 18.2 Å². The minimum Gasteiger partial charge on any atom is -0.361 e. The Kier molecular flexibility index (Phi) is 2.71. The van der Waals surface area contributed by atoms with Crippen molar-refractivity contribution in [1.82, 2.24) is 4.98 Å². The van der Waals surface area contributed by atoms with Crippen LogP contribution < -0.4 is 5.32 Å². The molecular formula is C9H10N2S2. The molecule has 0 atom stereocenters. The monoisotopic (exact) mass is 210 g/mol. The Bertz CT molecular complexity index is 364. The van der Waals surface area contributed by atoms with Crippen molar-refractivity contribution in [3.63, 3.8) is 0 Å². The van der Waals surface area contributed by atoms with E-state index in [-0.39, 0.29) is 0 Å². The Hall–Kier alpha value is -0.740. The summed E-state index contributed by atoms with van der Waals surface area (Å²) in [6, 6.07) is 8.14. The molecule has 0 amide bonds. The van der Waals surface area contributed by atoms with Gasteiger partial charge in [-0.15, -0.1) is 0 Å². The summed E-state index contributed by atoms with van der Waals surface area (Å²) in [5.41, 5.74) is 1.06. The average Bonchev–Trinajstić information content (AvgIpc) is 2.57. The Labute approximate surface area is 86.4 Å². The van der Waals surface area contributed by atoms with Crippen molar-refractivity contribution in [1.29, 1.82) is 0 Å². The summed E-state index contributed by atoms with van der Waals surface area (Å²) in [7, 11) is 0. The van der Waals surface area contributed by atoms with Gasteiger partial charge >= 0.3 is 0 Å². The van der Waals surface area contributed by atoms with Crippen molar-refractivity contribution < 1.29 is 0 Å². The molecule has 2 nitrogen and oxygen atoms in total. The number of hydrogen-bond donors (Lipinski definition) is 2. The highest BCUT2D eigenvalue weighted by Crippen LogP contribution is 2.24. The van der Waals surface area contributed by atoms with Crippen LogP contribution in [0.25, 0.3) is 10.2 Å². The zero-order chi connectivity index (χ0) is 9.10. The Morgan fingerprint density at radius 3 is 3.00 bits per heavy atom. The Morgan fingerprint density at radius 2 is 2.23 bits per heavy atom. The molecule has 68 valence electrons. The summed E-state index contributed by atoms with van der Waals surface area (Å²) in [6.07, 6.45) is 0. The molecule has 0 aliphatic rings. The van der Waals surface area contributed by atoms with Gasteiger partial charge in [-0.25, -0.2) is 4.98 Å². The highest BCUT2D eigenvalue weighted by Gasteiger charge is 2.00. The highest BCUT2D eigenvalue weighted by molar-refractivity contribution is 7.80. The first-order chi connectivity index (χ1) is 6.40. The zero-order valence-electron chi connectivity index (χ0n) is 7.03. The van der Waals surface area contributed by atoms with Gasteiger partial charge in [0, 0.05) is 12.3 Å². The highest BCUT2D eigenvalue weighted by atomic mass is 32.1. The molecule has 2 aromatic rings. The maximum atomic E-state index is 4.42. The average molecular weight is 210 g/mol. The largest absolute Gasteiger partial charge is 0.361 e. The second-order valence-corrected chi connectivity index (χ2v) is 4.11. The van der Waals surface area contributed by atoms with E-state index in [1.54, 1.807) is 11.3 Å². The van der Waals surface area contributed by atoms with Crippen LogP contribution in [0.1, 0.15) is 0 Å². The van der Waals surface area contributed by atoms with Gasteiger partial charge in [-0.1, -0.05) is 23.5 Å². The second kappa shape index (κ2) is 3.98. The van der Waals surface area contributed by atoms with Crippen LogP contribution in [0.5, 0.6) is 0 Å². The van der Waals surface area contributed by atoms with Crippen LogP contribution in [-0.2, 0) is 0 Å². The standard InChI is InChI=1S/C9H10N2S2/c12-6-5-10-9-11-7-3-1-2-4-8(7)13-9/h1-4,12H,5-6H2,(H,10,11). The first-order valence-corrected chi connectivity index (χ1v) is 5.55. The first kappa shape index (κ1) is 8.84. The second-order valence-electron chi connectivity index (χ2n) is 2.64. The molecule has 13 heavy (non-hydrogen) atoms. The van der Waals surface area contributed by atoms with Crippen LogP contribution in [0.4, 0.5) is 5.13 Å². The smallest absolute Gasteiger partial charge is 0.183 e. The van der Waals surface area contributed by atoms with Crippen molar-refractivity contribution in [2.24, 2.45) is 0 Å². The third kappa shape index (κ3) is 1.95. The van der Waals surface area contributed by atoms with E-state index in [1.165, 1.54) is 4.70 Å². The molecule has 4 heteroatoms. The predicted molar refractivity (Wildman–Crippen MR) is 62.0 cm³/mol. The van der Waals surface area contributed by atoms with Gasteiger partial charge in [-0.2, -0.15) is 12.6 Å². The van der Waals surface area contributed by atoms with Gasteiger partial charge in [0.05, 0.1) is 10.2 Å². The van der Waals surface area contributed by atoms with E-state index in [2.05, 4.69) is 29.0 Å². The van der Waals surface area contributed by atoms with Crippen LogP contribution >= 0.6 is 24.0 Å². The molecule has 1 heterocycles. The van der Waals surface area contributed by atoms with Gasteiger partial charge in [-0.3, -0.25) is 0 Å². The molecule has 0 aliphatic carbocycles. The minimum absolute atomic E-state index is 0.829. The normalized spacial score (nSPS) is 10.5. The fourth-order valence-corrected chi connectivity index (χ4v) is 2.11. The van der Waals surface area contributed by atoms with E-state index in [4.69, 9.17) is 0 Å². The number of rotatable bonds is 3. The lowest BCUT2D eigenvalue weighted by Gasteiger charge is -1.95. The van der Waals surface area contributed by atoms with E-state index >= 15 is 0 Å². The zero-order valence-corrected chi connectivity index (χ0v) is 8.74. The van der Waals surface area contributed by atoms with Gasteiger partial charge in [0.1, 0.15) is 0 Å².